The zero-order valence-electron chi connectivity index (χ0n) is 17.8. The number of piperazine rings is 1. The number of hydrogen-bond donors (Lipinski definition) is 0. The van der Waals surface area contributed by atoms with Crippen molar-refractivity contribution in [1.82, 2.24) is 19.6 Å². The Bertz CT molecular complexity index is 1020. The maximum Gasteiger partial charge on any atom is 0.257 e. The molecule has 0 N–H and O–H groups in total. The molecule has 6 heteroatoms. The molecule has 1 aliphatic rings. The number of ether oxygens (including phenoxy) is 1. The van der Waals surface area contributed by atoms with Crippen molar-refractivity contribution in [1.29, 1.82) is 0 Å². The number of carbonyl (C=O) groups excluding carboxylic acids is 1. The third-order valence-electron chi connectivity index (χ3n) is 5.69. The van der Waals surface area contributed by atoms with Crippen LogP contribution in [0.5, 0.6) is 5.75 Å². The van der Waals surface area contributed by atoms with E-state index in [4.69, 9.17) is 9.84 Å². The SMILES string of the molecule is CCN1CCN(C(=O)c2cn(-c3ccc(C)cc3)nc2-c2cccc(OC)c2)CC1. The van der Waals surface area contributed by atoms with E-state index < -0.39 is 0 Å². The van der Waals surface area contributed by atoms with Crippen molar-refractivity contribution in [2.75, 3.05) is 39.8 Å². The summed E-state index contributed by atoms with van der Waals surface area (Å²) in [6.07, 6.45) is 1.86. The molecule has 1 saturated heterocycles. The molecule has 0 radical (unpaired) electrons. The van der Waals surface area contributed by atoms with Crippen molar-refractivity contribution >= 4 is 5.91 Å². The number of amides is 1. The minimum atomic E-state index is 0.0296. The van der Waals surface area contributed by atoms with Crippen LogP contribution < -0.4 is 4.74 Å². The minimum Gasteiger partial charge on any atom is -0.497 e. The van der Waals surface area contributed by atoms with Gasteiger partial charge in [-0.2, -0.15) is 5.10 Å². The molecule has 6 nitrogen and oxygen atoms in total. The number of hydrogen-bond acceptors (Lipinski definition) is 4. The van der Waals surface area contributed by atoms with E-state index in [1.807, 2.05) is 59.6 Å². The molecule has 1 aliphatic heterocycles. The summed E-state index contributed by atoms with van der Waals surface area (Å²) >= 11 is 0. The second-order valence-corrected chi connectivity index (χ2v) is 7.63. The lowest BCUT2D eigenvalue weighted by Crippen LogP contribution is -2.48. The maximum atomic E-state index is 13.5. The second-order valence-electron chi connectivity index (χ2n) is 7.63. The van der Waals surface area contributed by atoms with Crippen LogP contribution in [0.15, 0.2) is 54.7 Å². The molecule has 0 saturated carbocycles. The van der Waals surface area contributed by atoms with Crippen molar-refractivity contribution in [2.24, 2.45) is 0 Å². The Balaban J connectivity index is 1.73. The van der Waals surface area contributed by atoms with Gasteiger partial charge < -0.3 is 14.5 Å². The van der Waals surface area contributed by atoms with Crippen LogP contribution in [0.3, 0.4) is 0 Å². The van der Waals surface area contributed by atoms with Gasteiger partial charge in [-0.25, -0.2) is 4.68 Å². The molecule has 4 rings (SSSR count). The van der Waals surface area contributed by atoms with Crippen LogP contribution in [0.1, 0.15) is 22.8 Å². The van der Waals surface area contributed by atoms with E-state index in [2.05, 4.69) is 18.7 Å². The van der Waals surface area contributed by atoms with Gasteiger partial charge in [-0.3, -0.25) is 4.79 Å². The average Bonchev–Trinajstić information content (AvgIpc) is 3.24. The third-order valence-corrected chi connectivity index (χ3v) is 5.69. The van der Waals surface area contributed by atoms with E-state index in [0.717, 1.165) is 49.7 Å². The number of nitrogens with zero attached hydrogens (tertiary/aromatic N) is 4. The molecule has 0 aliphatic carbocycles. The number of aryl methyl sites for hydroxylation is 1. The Morgan fingerprint density at radius 2 is 1.80 bits per heavy atom. The van der Waals surface area contributed by atoms with Gasteiger partial charge >= 0.3 is 0 Å². The molecule has 1 amide bonds. The summed E-state index contributed by atoms with van der Waals surface area (Å²) in [5, 5.41) is 4.81. The number of likely N-dealkylation sites (N-methyl/N-ethyl adjacent to an activating group) is 1. The Labute approximate surface area is 177 Å². The monoisotopic (exact) mass is 404 g/mol. The fraction of sp³-hybridized carbons (Fsp3) is 0.333. The number of methoxy groups -OCH3 is 1. The van der Waals surface area contributed by atoms with Gasteiger partial charge in [0.15, 0.2) is 0 Å². The number of carbonyl (C=O) groups is 1. The van der Waals surface area contributed by atoms with E-state index in [9.17, 15) is 4.79 Å². The largest absolute Gasteiger partial charge is 0.497 e. The Kier molecular flexibility index (Phi) is 5.86. The van der Waals surface area contributed by atoms with Crippen molar-refractivity contribution in [3.63, 3.8) is 0 Å². The van der Waals surface area contributed by atoms with Crippen LogP contribution in [0.2, 0.25) is 0 Å². The van der Waals surface area contributed by atoms with Crippen molar-refractivity contribution in [3.8, 4) is 22.7 Å². The van der Waals surface area contributed by atoms with E-state index >= 15 is 0 Å². The van der Waals surface area contributed by atoms with Gasteiger partial charge in [0.2, 0.25) is 0 Å². The molecule has 156 valence electrons. The summed E-state index contributed by atoms with van der Waals surface area (Å²) in [4.78, 5) is 17.8. The van der Waals surface area contributed by atoms with Gasteiger partial charge in [-0.15, -0.1) is 0 Å². The third kappa shape index (κ3) is 4.09. The lowest BCUT2D eigenvalue weighted by Gasteiger charge is -2.34. The summed E-state index contributed by atoms with van der Waals surface area (Å²) in [5.41, 5.74) is 4.28. The predicted octanol–water partition coefficient (Wildman–Crippen LogP) is 3.63. The van der Waals surface area contributed by atoms with Crippen LogP contribution in [-0.2, 0) is 0 Å². The number of rotatable bonds is 5. The normalized spacial score (nSPS) is 14.7. The molecule has 2 aromatic carbocycles. The molecular formula is C24H28N4O2. The molecule has 1 fully saturated rings. The van der Waals surface area contributed by atoms with E-state index in [-0.39, 0.29) is 5.91 Å². The van der Waals surface area contributed by atoms with E-state index in [1.165, 1.54) is 5.56 Å². The van der Waals surface area contributed by atoms with E-state index in [0.29, 0.717) is 11.3 Å². The highest BCUT2D eigenvalue weighted by Crippen LogP contribution is 2.28. The first-order valence-electron chi connectivity index (χ1n) is 10.4. The van der Waals surface area contributed by atoms with Gasteiger partial charge in [-0.1, -0.05) is 36.8 Å². The molecule has 0 spiro atoms. The first-order valence-corrected chi connectivity index (χ1v) is 10.4. The van der Waals surface area contributed by atoms with Crippen molar-refractivity contribution in [2.45, 2.75) is 13.8 Å². The van der Waals surface area contributed by atoms with Gasteiger partial charge in [0.25, 0.3) is 5.91 Å². The Hall–Kier alpha value is -3.12. The zero-order valence-corrected chi connectivity index (χ0v) is 17.8. The number of aromatic nitrogens is 2. The Morgan fingerprint density at radius 1 is 1.07 bits per heavy atom. The van der Waals surface area contributed by atoms with Crippen LogP contribution >= 0.6 is 0 Å². The van der Waals surface area contributed by atoms with Gasteiger partial charge in [-0.05, 0) is 37.7 Å². The van der Waals surface area contributed by atoms with Crippen molar-refractivity contribution in [3.05, 3.63) is 65.9 Å². The van der Waals surface area contributed by atoms with Crippen molar-refractivity contribution < 1.29 is 9.53 Å². The molecule has 30 heavy (non-hydrogen) atoms. The molecule has 2 heterocycles. The topological polar surface area (TPSA) is 50.6 Å². The van der Waals surface area contributed by atoms with Crippen LogP contribution in [0.4, 0.5) is 0 Å². The molecule has 0 atom stereocenters. The van der Waals surface area contributed by atoms with E-state index in [1.54, 1.807) is 11.8 Å². The Morgan fingerprint density at radius 3 is 2.47 bits per heavy atom. The second kappa shape index (κ2) is 8.71. The summed E-state index contributed by atoms with van der Waals surface area (Å²) in [5.74, 6) is 0.772. The predicted molar refractivity (Wildman–Crippen MR) is 118 cm³/mol. The molecular weight excluding hydrogens is 376 g/mol. The van der Waals surface area contributed by atoms with Crippen LogP contribution in [0, 0.1) is 6.92 Å². The van der Waals surface area contributed by atoms with Gasteiger partial charge in [0.1, 0.15) is 11.4 Å². The fourth-order valence-corrected chi connectivity index (χ4v) is 3.78. The first kappa shape index (κ1) is 20.2. The highest BCUT2D eigenvalue weighted by atomic mass is 16.5. The minimum absolute atomic E-state index is 0.0296. The van der Waals surface area contributed by atoms with Crippen LogP contribution in [-0.4, -0.2) is 65.3 Å². The first-order chi connectivity index (χ1) is 14.6. The highest BCUT2D eigenvalue weighted by molar-refractivity contribution is 6.00. The lowest BCUT2D eigenvalue weighted by molar-refractivity contribution is 0.0644. The fourth-order valence-electron chi connectivity index (χ4n) is 3.78. The molecule has 3 aromatic rings. The smallest absolute Gasteiger partial charge is 0.257 e. The quantitative estimate of drug-likeness (QED) is 0.652. The molecule has 0 unspecified atom stereocenters. The summed E-state index contributed by atoms with van der Waals surface area (Å²) in [6, 6.07) is 15.8. The van der Waals surface area contributed by atoms with Gasteiger partial charge in [0, 0.05) is 37.9 Å². The summed E-state index contributed by atoms with van der Waals surface area (Å²) in [6.45, 7) is 8.51. The molecule has 0 bridgehead atoms. The lowest BCUT2D eigenvalue weighted by atomic mass is 10.1. The standard InChI is InChI=1S/C24H28N4O2/c1-4-26-12-14-27(15-13-26)24(29)22-17-28(20-10-8-18(2)9-11-20)25-23(22)19-6-5-7-21(16-19)30-3/h5-11,16-17H,4,12-15H2,1-3H3. The summed E-state index contributed by atoms with van der Waals surface area (Å²) < 4.78 is 7.18. The molecule has 1 aromatic heterocycles. The van der Waals surface area contributed by atoms with Gasteiger partial charge in [0.05, 0.1) is 18.4 Å². The zero-order chi connectivity index (χ0) is 21.1. The highest BCUT2D eigenvalue weighted by Gasteiger charge is 2.26. The number of benzene rings is 2. The summed E-state index contributed by atoms with van der Waals surface area (Å²) in [7, 11) is 1.64. The maximum absolute atomic E-state index is 13.5. The average molecular weight is 405 g/mol. The van der Waals surface area contributed by atoms with Crippen LogP contribution in [0.25, 0.3) is 16.9 Å².